The molecule has 1 atom stereocenters. The molecule has 1 aliphatic heterocycles. The van der Waals surface area contributed by atoms with Crippen LogP contribution in [0, 0.1) is 5.92 Å². The van der Waals surface area contributed by atoms with Gasteiger partial charge in [-0.05, 0) is 18.6 Å². The van der Waals surface area contributed by atoms with Crippen LogP contribution in [0.5, 0.6) is 0 Å². The van der Waals surface area contributed by atoms with Crippen molar-refractivity contribution in [2.24, 2.45) is 10.9 Å². The number of aliphatic imine (C=N–C) groups is 1. The molecule has 0 amide bonds. The third-order valence-corrected chi connectivity index (χ3v) is 4.36. The zero-order chi connectivity index (χ0) is 16.1. The van der Waals surface area contributed by atoms with E-state index in [0.29, 0.717) is 5.92 Å². The summed E-state index contributed by atoms with van der Waals surface area (Å²) >= 11 is 0. The zero-order valence-corrected chi connectivity index (χ0v) is 13.9. The molecular formula is C17H25N5O. The summed E-state index contributed by atoms with van der Waals surface area (Å²) in [7, 11) is 3.61. The molecule has 23 heavy (non-hydrogen) atoms. The van der Waals surface area contributed by atoms with Crippen molar-refractivity contribution in [3.05, 3.63) is 30.6 Å². The molecule has 0 aliphatic carbocycles. The number of guanidine groups is 1. The topological polar surface area (TPSA) is 54.7 Å². The number of ether oxygens (including phenoxy) is 1. The van der Waals surface area contributed by atoms with Crippen molar-refractivity contribution in [1.82, 2.24) is 19.8 Å². The van der Waals surface area contributed by atoms with E-state index in [1.54, 1.807) is 7.11 Å². The number of methoxy groups -OCH3 is 1. The third-order valence-electron chi connectivity index (χ3n) is 4.36. The molecule has 0 bridgehead atoms. The van der Waals surface area contributed by atoms with E-state index < -0.39 is 0 Å². The van der Waals surface area contributed by atoms with E-state index in [1.165, 1.54) is 11.9 Å². The second-order valence-electron chi connectivity index (χ2n) is 5.96. The number of likely N-dealkylation sites (tertiary alicyclic amines) is 1. The predicted molar refractivity (Wildman–Crippen MR) is 92.7 cm³/mol. The van der Waals surface area contributed by atoms with Crippen LogP contribution >= 0.6 is 0 Å². The standard InChI is InChI=1S/C17H25N5O/c1-18-17(21-9-7-14(11-21)12-23-2)19-8-10-22-13-20-15-5-3-4-6-16(15)22/h3-6,13-14H,7-12H2,1-2H3,(H,18,19). The van der Waals surface area contributed by atoms with Crippen LogP contribution in [-0.2, 0) is 11.3 Å². The molecular weight excluding hydrogens is 290 g/mol. The van der Waals surface area contributed by atoms with E-state index in [9.17, 15) is 0 Å². The Kier molecular flexibility index (Phi) is 5.12. The molecule has 1 N–H and O–H groups in total. The number of aromatic nitrogens is 2. The fraction of sp³-hybridized carbons (Fsp3) is 0.529. The lowest BCUT2D eigenvalue weighted by Crippen LogP contribution is -2.41. The molecule has 0 spiro atoms. The maximum Gasteiger partial charge on any atom is 0.193 e. The van der Waals surface area contributed by atoms with Crippen molar-refractivity contribution < 1.29 is 4.74 Å². The number of fused-ring (bicyclic) bond motifs is 1. The third kappa shape index (κ3) is 3.64. The van der Waals surface area contributed by atoms with Gasteiger partial charge in [0.1, 0.15) is 0 Å². The van der Waals surface area contributed by atoms with Gasteiger partial charge in [0, 0.05) is 46.3 Å². The number of rotatable bonds is 5. The summed E-state index contributed by atoms with van der Waals surface area (Å²) in [6, 6.07) is 8.21. The largest absolute Gasteiger partial charge is 0.384 e. The van der Waals surface area contributed by atoms with E-state index in [-0.39, 0.29) is 0 Å². The molecule has 0 radical (unpaired) electrons. The fourth-order valence-corrected chi connectivity index (χ4v) is 3.21. The van der Waals surface area contributed by atoms with Gasteiger partial charge in [0.15, 0.2) is 5.96 Å². The van der Waals surface area contributed by atoms with Crippen LogP contribution in [0.1, 0.15) is 6.42 Å². The SMILES string of the molecule is CN=C(NCCn1cnc2ccccc21)N1CCC(COC)C1. The van der Waals surface area contributed by atoms with E-state index in [0.717, 1.165) is 44.3 Å². The van der Waals surface area contributed by atoms with Gasteiger partial charge in [0.05, 0.1) is 24.0 Å². The van der Waals surface area contributed by atoms with Gasteiger partial charge in [-0.2, -0.15) is 0 Å². The summed E-state index contributed by atoms with van der Waals surface area (Å²) in [6.07, 6.45) is 3.07. The first-order valence-electron chi connectivity index (χ1n) is 8.16. The van der Waals surface area contributed by atoms with Gasteiger partial charge in [-0.15, -0.1) is 0 Å². The van der Waals surface area contributed by atoms with Gasteiger partial charge in [-0.1, -0.05) is 12.1 Å². The summed E-state index contributed by atoms with van der Waals surface area (Å²) in [5.74, 6) is 1.59. The van der Waals surface area contributed by atoms with Gasteiger partial charge in [-0.3, -0.25) is 4.99 Å². The highest BCUT2D eigenvalue weighted by Crippen LogP contribution is 2.16. The second kappa shape index (κ2) is 7.46. The molecule has 1 unspecified atom stereocenters. The molecule has 124 valence electrons. The Morgan fingerprint density at radius 1 is 1.43 bits per heavy atom. The minimum Gasteiger partial charge on any atom is -0.384 e. The van der Waals surface area contributed by atoms with Gasteiger partial charge in [-0.25, -0.2) is 4.98 Å². The van der Waals surface area contributed by atoms with Crippen LogP contribution in [0.25, 0.3) is 11.0 Å². The highest BCUT2D eigenvalue weighted by molar-refractivity contribution is 5.80. The number of benzene rings is 1. The van der Waals surface area contributed by atoms with Crippen LogP contribution in [-0.4, -0.2) is 60.8 Å². The van der Waals surface area contributed by atoms with E-state index in [2.05, 4.69) is 30.8 Å². The molecule has 3 rings (SSSR count). The highest BCUT2D eigenvalue weighted by atomic mass is 16.5. The summed E-state index contributed by atoms with van der Waals surface area (Å²) in [4.78, 5) is 11.2. The molecule has 1 saturated heterocycles. The minimum atomic E-state index is 0.608. The summed E-state index contributed by atoms with van der Waals surface area (Å²) < 4.78 is 7.44. The molecule has 2 heterocycles. The zero-order valence-electron chi connectivity index (χ0n) is 13.9. The predicted octanol–water partition coefficient (Wildman–Crippen LogP) is 1.58. The second-order valence-corrected chi connectivity index (χ2v) is 5.96. The summed E-state index contributed by atoms with van der Waals surface area (Å²) in [5.41, 5.74) is 2.21. The van der Waals surface area contributed by atoms with Crippen LogP contribution in [0.3, 0.4) is 0 Å². The molecule has 1 fully saturated rings. The summed E-state index contributed by atoms with van der Waals surface area (Å²) in [5, 5.41) is 3.46. The monoisotopic (exact) mass is 315 g/mol. The van der Waals surface area contributed by atoms with E-state index in [1.807, 2.05) is 31.6 Å². The van der Waals surface area contributed by atoms with Gasteiger partial charge in [0.25, 0.3) is 0 Å². The average Bonchev–Trinajstić information content (AvgIpc) is 3.19. The van der Waals surface area contributed by atoms with E-state index in [4.69, 9.17) is 4.74 Å². The quantitative estimate of drug-likeness (QED) is 0.672. The molecule has 6 nitrogen and oxygen atoms in total. The van der Waals surface area contributed by atoms with Crippen molar-refractivity contribution >= 4 is 17.0 Å². The molecule has 1 aliphatic rings. The van der Waals surface area contributed by atoms with Crippen molar-refractivity contribution in [2.75, 3.05) is 40.4 Å². The summed E-state index contributed by atoms with van der Waals surface area (Å²) in [6.45, 7) is 4.59. The Bertz CT molecular complexity index is 666. The first-order valence-corrected chi connectivity index (χ1v) is 8.16. The number of nitrogens with zero attached hydrogens (tertiary/aromatic N) is 4. The van der Waals surface area contributed by atoms with Crippen LogP contribution < -0.4 is 5.32 Å². The van der Waals surface area contributed by atoms with E-state index >= 15 is 0 Å². The maximum absolute atomic E-state index is 5.26. The maximum atomic E-state index is 5.26. The first kappa shape index (κ1) is 15.8. The fourth-order valence-electron chi connectivity index (χ4n) is 3.21. The van der Waals surface area contributed by atoms with Crippen LogP contribution in [0.15, 0.2) is 35.6 Å². The lowest BCUT2D eigenvalue weighted by molar-refractivity contribution is 0.157. The van der Waals surface area contributed by atoms with Crippen molar-refractivity contribution in [1.29, 1.82) is 0 Å². The van der Waals surface area contributed by atoms with Crippen molar-refractivity contribution in [2.45, 2.75) is 13.0 Å². The number of hydrogen-bond acceptors (Lipinski definition) is 3. The molecule has 1 aromatic heterocycles. The van der Waals surface area contributed by atoms with Crippen LogP contribution in [0.4, 0.5) is 0 Å². The Hall–Kier alpha value is -2.08. The Morgan fingerprint density at radius 3 is 3.13 bits per heavy atom. The number of nitrogens with one attached hydrogen (secondary N) is 1. The van der Waals surface area contributed by atoms with Crippen molar-refractivity contribution in [3.8, 4) is 0 Å². The number of imidazole rings is 1. The lowest BCUT2D eigenvalue weighted by Gasteiger charge is -2.21. The normalized spacial score (nSPS) is 18.8. The smallest absolute Gasteiger partial charge is 0.193 e. The van der Waals surface area contributed by atoms with Crippen LogP contribution in [0.2, 0.25) is 0 Å². The average molecular weight is 315 g/mol. The Morgan fingerprint density at radius 2 is 2.30 bits per heavy atom. The number of hydrogen-bond donors (Lipinski definition) is 1. The number of para-hydroxylation sites is 2. The Labute approximate surface area is 137 Å². The Balaban J connectivity index is 1.53. The lowest BCUT2D eigenvalue weighted by atomic mass is 10.1. The molecule has 1 aromatic carbocycles. The van der Waals surface area contributed by atoms with Crippen molar-refractivity contribution in [3.63, 3.8) is 0 Å². The molecule has 2 aromatic rings. The highest BCUT2D eigenvalue weighted by Gasteiger charge is 2.24. The molecule has 0 saturated carbocycles. The molecule has 6 heteroatoms. The van der Waals surface area contributed by atoms with Gasteiger partial charge in [0.2, 0.25) is 0 Å². The first-order chi connectivity index (χ1) is 11.3. The van der Waals surface area contributed by atoms with Gasteiger partial charge >= 0.3 is 0 Å². The minimum absolute atomic E-state index is 0.608. The van der Waals surface area contributed by atoms with Gasteiger partial charge < -0.3 is 19.5 Å².